The Morgan fingerprint density at radius 1 is 1.11 bits per heavy atom. The predicted molar refractivity (Wildman–Crippen MR) is 115 cm³/mol. The van der Waals surface area contributed by atoms with Gasteiger partial charge >= 0.3 is 0 Å². The number of carbonyl (C=O) groups is 1. The number of aryl methyl sites for hydroxylation is 2. The average Bonchev–Trinajstić information content (AvgIpc) is 3.08. The molecule has 1 amide bonds. The van der Waals surface area contributed by atoms with Gasteiger partial charge in [0.1, 0.15) is 0 Å². The van der Waals surface area contributed by atoms with Gasteiger partial charge < -0.3 is 4.90 Å². The van der Waals surface area contributed by atoms with Crippen molar-refractivity contribution >= 4 is 33.4 Å². The van der Waals surface area contributed by atoms with E-state index in [0.29, 0.717) is 25.3 Å². The summed E-state index contributed by atoms with van der Waals surface area (Å²) in [7, 11) is -3.56. The van der Waals surface area contributed by atoms with Gasteiger partial charge in [0.05, 0.1) is 4.90 Å². The second kappa shape index (κ2) is 9.11. The summed E-state index contributed by atoms with van der Waals surface area (Å²) >= 11 is 1.71. The predicted octanol–water partition coefficient (Wildman–Crippen LogP) is 3.64. The first-order chi connectivity index (χ1) is 13.4. The molecule has 28 heavy (non-hydrogen) atoms. The van der Waals surface area contributed by atoms with Crippen molar-refractivity contribution in [3.63, 3.8) is 0 Å². The number of amides is 1. The van der Waals surface area contributed by atoms with Gasteiger partial charge in [0.2, 0.25) is 15.9 Å². The highest BCUT2D eigenvalue weighted by molar-refractivity contribution is 7.98. The number of benzene rings is 2. The molecular weight excluding hydrogens is 392 g/mol. The van der Waals surface area contributed by atoms with Crippen LogP contribution in [0.15, 0.2) is 47.4 Å². The summed E-state index contributed by atoms with van der Waals surface area (Å²) in [6.07, 6.45) is 1.40. The van der Waals surface area contributed by atoms with Crippen LogP contribution >= 0.6 is 11.8 Å². The van der Waals surface area contributed by atoms with Gasteiger partial charge in [-0.25, -0.2) is 13.1 Å². The smallest absolute Gasteiger partial charge is 0.240 e. The van der Waals surface area contributed by atoms with Crippen molar-refractivity contribution in [3.8, 4) is 0 Å². The molecule has 1 aliphatic rings. The zero-order valence-electron chi connectivity index (χ0n) is 16.3. The number of nitrogens with zero attached hydrogens (tertiary/aromatic N) is 1. The topological polar surface area (TPSA) is 66.5 Å². The highest BCUT2D eigenvalue weighted by atomic mass is 32.2. The number of nitrogens with one attached hydrogen (secondary N) is 1. The van der Waals surface area contributed by atoms with Crippen LogP contribution in [0.3, 0.4) is 0 Å². The zero-order chi connectivity index (χ0) is 20.1. The summed E-state index contributed by atoms with van der Waals surface area (Å²) in [6.45, 7) is 5.00. The average molecular weight is 419 g/mol. The van der Waals surface area contributed by atoms with E-state index in [0.717, 1.165) is 23.4 Å². The Balaban J connectivity index is 1.55. The van der Waals surface area contributed by atoms with Gasteiger partial charge in [-0.05, 0) is 55.2 Å². The maximum absolute atomic E-state index is 12.6. The van der Waals surface area contributed by atoms with Gasteiger partial charge in [0.25, 0.3) is 0 Å². The lowest BCUT2D eigenvalue weighted by Gasteiger charge is -2.19. The molecule has 1 fully saturated rings. The van der Waals surface area contributed by atoms with Crippen LogP contribution in [0.2, 0.25) is 0 Å². The minimum Gasteiger partial charge on any atom is -0.312 e. The normalized spacial score (nSPS) is 14.6. The molecule has 0 aromatic heterocycles. The summed E-state index contributed by atoms with van der Waals surface area (Å²) in [6, 6.07) is 13.2. The van der Waals surface area contributed by atoms with Gasteiger partial charge in [0.15, 0.2) is 0 Å². The van der Waals surface area contributed by atoms with E-state index in [9.17, 15) is 13.2 Å². The fourth-order valence-corrected chi connectivity index (χ4v) is 5.47. The van der Waals surface area contributed by atoms with Crippen LogP contribution in [0.25, 0.3) is 0 Å². The molecule has 0 unspecified atom stereocenters. The van der Waals surface area contributed by atoms with Crippen molar-refractivity contribution in [2.45, 2.75) is 37.3 Å². The van der Waals surface area contributed by atoms with Gasteiger partial charge in [-0.2, -0.15) is 11.8 Å². The Bertz CT molecular complexity index is 958. The molecule has 0 saturated carbocycles. The van der Waals surface area contributed by atoms with Crippen LogP contribution in [0.1, 0.15) is 29.5 Å². The summed E-state index contributed by atoms with van der Waals surface area (Å²) in [5, 5.41) is 0. The third-order valence-electron chi connectivity index (χ3n) is 4.90. The van der Waals surface area contributed by atoms with Gasteiger partial charge in [0, 0.05) is 36.7 Å². The van der Waals surface area contributed by atoms with E-state index in [4.69, 9.17) is 0 Å². The molecular formula is C21H26N2O3S2. The third-order valence-corrected chi connectivity index (χ3v) is 7.37. The molecule has 1 aliphatic heterocycles. The van der Waals surface area contributed by atoms with E-state index >= 15 is 0 Å². The van der Waals surface area contributed by atoms with Crippen LogP contribution in [-0.4, -0.2) is 33.2 Å². The molecule has 3 rings (SSSR count). The minimum atomic E-state index is -3.56. The van der Waals surface area contributed by atoms with E-state index in [1.807, 2.05) is 19.1 Å². The molecule has 1 N–H and O–H groups in total. The van der Waals surface area contributed by atoms with Gasteiger partial charge in [-0.1, -0.05) is 24.3 Å². The van der Waals surface area contributed by atoms with Crippen molar-refractivity contribution in [2.24, 2.45) is 0 Å². The van der Waals surface area contributed by atoms with Crippen LogP contribution in [0.5, 0.6) is 0 Å². The minimum absolute atomic E-state index is 0.0995. The first kappa shape index (κ1) is 20.9. The molecule has 0 atom stereocenters. The first-order valence-electron chi connectivity index (χ1n) is 9.41. The van der Waals surface area contributed by atoms with Crippen LogP contribution in [-0.2, 0) is 20.6 Å². The van der Waals surface area contributed by atoms with E-state index in [-0.39, 0.29) is 10.8 Å². The standard InChI is InChI=1S/C21H26N2O3S2/c1-16-6-3-4-7-18(16)15-27-13-11-22-28(25,26)19-9-10-20(17(2)14-19)23-12-5-8-21(23)24/h3-4,6-7,9-10,14,22H,5,8,11-13,15H2,1-2H3. The molecule has 0 bridgehead atoms. The number of anilines is 1. The van der Waals surface area contributed by atoms with E-state index in [1.54, 1.807) is 34.9 Å². The number of hydrogen-bond acceptors (Lipinski definition) is 4. The molecule has 1 heterocycles. The lowest BCUT2D eigenvalue weighted by atomic mass is 10.1. The van der Waals surface area contributed by atoms with E-state index in [2.05, 4.69) is 23.8 Å². The quantitative estimate of drug-likeness (QED) is 0.665. The Morgan fingerprint density at radius 3 is 2.57 bits per heavy atom. The summed E-state index contributed by atoms with van der Waals surface area (Å²) in [4.78, 5) is 13.9. The second-order valence-electron chi connectivity index (χ2n) is 6.97. The van der Waals surface area contributed by atoms with Crippen LogP contribution < -0.4 is 9.62 Å². The Kier molecular flexibility index (Phi) is 6.80. The Hall–Kier alpha value is -1.83. The molecule has 7 heteroatoms. The molecule has 0 aliphatic carbocycles. The van der Waals surface area contributed by atoms with Gasteiger partial charge in [-0.3, -0.25) is 4.79 Å². The van der Waals surface area contributed by atoms with Crippen molar-refractivity contribution in [2.75, 3.05) is 23.7 Å². The largest absolute Gasteiger partial charge is 0.312 e. The van der Waals surface area contributed by atoms with Crippen LogP contribution in [0, 0.1) is 13.8 Å². The van der Waals surface area contributed by atoms with E-state index in [1.165, 1.54) is 11.1 Å². The molecule has 150 valence electrons. The maximum Gasteiger partial charge on any atom is 0.240 e. The molecule has 0 spiro atoms. The zero-order valence-corrected chi connectivity index (χ0v) is 17.9. The third kappa shape index (κ3) is 4.96. The Morgan fingerprint density at radius 2 is 1.89 bits per heavy atom. The molecule has 5 nitrogen and oxygen atoms in total. The lowest BCUT2D eigenvalue weighted by Crippen LogP contribution is -2.27. The SMILES string of the molecule is Cc1ccccc1CSCCNS(=O)(=O)c1ccc(N2CCCC2=O)c(C)c1. The monoisotopic (exact) mass is 418 g/mol. The van der Waals surface area contributed by atoms with Gasteiger partial charge in [-0.15, -0.1) is 0 Å². The van der Waals surface area contributed by atoms with Crippen molar-refractivity contribution < 1.29 is 13.2 Å². The summed E-state index contributed by atoms with van der Waals surface area (Å²) in [5.74, 6) is 1.67. The fraction of sp³-hybridized carbons (Fsp3) is 0.381. The van der Waals surface area contributed by atoms with E-state index < -0.39 is 10.0 Å². The highest BCUT2D eigenvalue weighted by Gasteiger charge is 2.24. The van der Waals surface area contributed by atoms with Crippen molar-refractivity contribution in [1.82, 2.24) is 4.72 Å². The highest BCUT2D eigenvalue weighted by Crippen LogP contribution is 2.27. The summed E-state index contributed by atoms with van der Waals surface area (Å²) < 4.78 is 27.8. The number of rotatable bonds is 8. The van der Waals surface area contributed by atoms with Crippen molar-refractivity contribution in [3.05, 3.63) is 59.2 Å². The summed E-state index contributed by atoms with van der Waals surface area (Å²) in [5.41, 5.74) is 4.13. The molecule has 0 radical (unpaired) electrons. The number of hydrogen-bond donors (Lipinski definition) is 1. The maximum atomic E-state index is 12.6. The number of thioether (sulfide) groups is 1. The first-order valence-corrected chi connectivity index (χ1v) is 12.1. The molecule has 2 aromatic rings. The van der Waals surface area contributed by atoms with Crippen LogP contribution in [0.4, 0.5) is 5.69 Å². The molecule has 2 aromatic carbocycles. The lowest BCUT2D eigenvalue weighted by molar-refractivity contribution is -0.117. The molecule has 1 saturated heterocycles. The fourth-order valence-electron chi connectivity index (χ4n) is 3.29. The number of carbonyl (C=O) groups excluding carboxylic acids is 1. The number of sulfonamides is 1. The second-order valence-corrected chi connectivity index (χ2v) is 9.85. The Labute approximate surface area is 171 Å². The van der Waals surface area contributed by atoms with Crippen molar-refractivity contribution in [1.29, 1.82) is 0 Å².